The summed E-state index contributed by atoms with van der Waals surface area (Å²) < 4.78 is 15.2. The molecule has 17 heavy (non-hydrogen) atoms. The Labute approximate surface area is 101 Å². The number of esters is 1. The Morgan fingerprint density at radius 1 is 1.41 bits per heavy atom. The van der Waals surface area contributed by atoms with E-state index in [-0.39, 0.29) is 23.6 Å². The van der Waals surface area contributed by atoms with Crippen molar-refractivity contribution >= 4 is 11.8 Å². The molecule has 1 fully saturated rings. The van der Waals surface area contributed by atoms with Gasteiger partial charge in [-0.1, -0.05) is 0 Å². The molecule has 0 heterocycles. The summed E-state index contributed by atoms with van der Waals surface area (Å²) in [6.45, 7) is 2.14. The quantitative estimate of drug-likeness (QED) is 0.536. The van der Waals surface area contributed by atoms with Crippen molar-refractivity contribution in [3.8, 4) is 0 Å². The summed E-state index contributed by atoms with van der Waals surface area (Å²) in [7, 11) is 2.99. The molecule has 1 aliphatic carbocycles. The highest BCUT2D eigenvalue weighted by molar-refractivity contribution is 5.84. The van der Waals surface area contributed by atoms with E-state index in [1.807, 2.05) is 0 Å². The fraction of sp³-hybridized carbons (Fsp3) is 0.833. The number of methoxy groups -OCH3 is 2. The Hall–Kier alpha value is -0.940. The van der Waals surface area contributed by atoms with Crippen molar-refractivity contribution < 1.29 is 23.8 Å². The van der Waals surface area contributed by atoms with Crippen LogP contribution in [0.5, 0.6) is 0 Å². The molecule has 0 N–H and O–H groups in total. The molecule has 0 amide bonds. The third-order valence-electron chi connectivity index (χ3n) is 3.10. The van der Waals surface area contributed by atoms with Gasteiger partial charge in [-0.3, -0.25) is 9.59 Å². The number of carbonyl (C=O) groups excluding carboxylic acids is 2. The Morgan fingerprint density at radius 2 is 2.06 bits per heavy atom. The molecular formula is C12H20O5. The van der Waals surface area contributed by atoms with Crippen molar-refractivity contribution in [2.45, 2.75) is 32.5 Å². The summed E-state index contributed by atoms with van der Waals surface area (Å²) in [6, 6.07) is 0. The molecule has 0 aliphatic heterocycles. The molecule has 1 rings (SSSR count). The van der Waals surface area contributed by atoms with Gasteiger partial charge in [0.25, 0.3) is 0 Å². The summed E-state index contributed by atoms with van der Waals surface area (Å²) in [5, 5.41) is 0. The molecule has 5 nitrogen and oxygen atoms in total. The largest absolute Gasteiger partial charge is 0.466 e. The molecule has 5 heteroatoms. The molecule has 2 atom stereocenters. The van der Waals surface area contributed by atoms with E-state index < -0.39 is 6.29 Å². The van der Waals surface area contributed by atoms with E-state index in [1.54, 1.807) is 6.92 Å². The highest BCUT2D eigenvalue weighted by Crippen LogP contribution is 2.30. The summed E-state index contributed by atoms with van der Waals surface area (Å²) in [6.07, 6.45) is 0.829. The van der Waals surface area contributed by atoms with Crippen LogP contribution in [0.4, 0.5) is 0 Å². The fourth-order valence-corrected chi connectivity index (χ4v) is 2.22. The number of ketones is 1. The van der Waals surface area contributed by atoms with Crippen LogP contribution in [0.3, 0.4) is 0 Å². The van der Waals surface area contributed by atoms with Crippen molar-refractivity contribution in [3.05, 3.63) is 0 Å². The maximum absolute atomic E-state index is 11.8. The van der Waals surface area contributed by atoms with Crippen molar-refractivity contribution in [1.82, 2.24) is 0 Å². The minimum absolute atomic E-state index is 0.0965. The van der Waals surface area contributed by atoms with Gasteiger partial charge >= 0.3 is 5.97 Å². The van der Waals surface area contributed by atoms with Gasteiger partial charge in [-0.15, -0.1) is 0 Å². The zero-order valence-corrected chi connectivity index (χ0v) is 10.6. The first-order valence-electron chi connectivity index (χ1n) is 5.89. The maximum atomic E-state index is 11.8. The lowest BCUT2D eigenvalue weighted by Crippen LogP contribution is -2.38. The van der Waals surface area contributed by atoms with Gasteiger partial charge in [-0.25, -0.2) is 0 Å². The molecule has 0 spiro atoms. The lowest BCUT2D eigenvalue weighted by Gasteiger charge is -2.30. The average molecular weight is 244 g/mol. The summed E-state index contributed by atoms with van der Waals surface area (Å²) >= 11 is 0. The first-order valence-corrected chi connectivity index (χ1v) is 5.89. The zero-order valence-electron chi connectivity index (χ0n) is 10.6. The van der Waals surface area contributed by atoms with Crippen LogP contribution in [0.25, 0.3) is 0 Å². The van der Waals surface area contributed by atoms with Gasteiger partial charge in [-0.05, 0) is 19.8 Å². The molecule has 0 saturated heterocycles. The van der Waals surface area contributed by atoms with Crippen molar-refractivity contribution in [2.24, 2.45) is 11.8 Å². The Morgan fingerprint density at radius 3 is 2.59 bits per heavy atom. The van der Waals surface area contributed by atoms with E-state index in [1.165, 1.54) is 14.2 Å². The molecule has 0 aromatic rings. The van der Waals surface area contributed by atoms with Crippen molar-refractivity contribution in [1.29, 1.82) is 0 Å². The minimum Gasteiger partial charge on any atom is -0.466 e. The average Bonchev–Trinajstić information content (AvgIpc) is 2.33. The first kappa shape index (κ1) is 14.1. The number of Topliss-reactive ketones (excluding diaryl/α,β-unsaturated/α-hetero) is 1. The lowest BCUT2D eigenvalue weighted by molar-refractivity contribution is -0.168. The number of hydrogen-bond acceptors (Lipinski definition) is 5. The number of hydrogen-bond donors (Lipinski definition) is 0. The van der Waals surface area contributed by atoms with E-state index in [0.29, 0.717) is 25.9 Å². The highest BCUT2D eigenvalue weighted by Gasteiger charge is 2.38. The third kappa shape index (κ3) is 3.51. The fourth-order valence-electron chi connectivity index (χ4n) is 2.22. The Kier molecular flexibility index (Phi) is 5.58. The topological polar surface area (TPSA) is 61.8 Å². The second kappa shape index (κ2) is 6.71. The third-order valence-corrected chi connectivity index (χ3v) is 3.10. The standard InChI is InChI=1S/C12H20O5/c1-4-17-11(14)8-5-6-10(13)9(7-8)12(15-2)16-3/h8-9,12H,4-7H2,1-3H3. The number of ether oxygens (including phenoxy) is 3. The number of carbonyl (C=O) groups is 2. The van der Waals surface area contributed by atoms with Gasteiger partial charge in [0.1, 0.15) is 5.78 Å². The second-order valence-corrected chi connectivity index (χ2v) is 4.14. The van der Waals surface area contributed by atoms with E-state index in [9.17, 15) is 9.59 Å². The van der Waals surface area contributed by atoms with Gasteiger partial charge in [0, 0.05) is 20.6 Å². The molecule has 0 aromatic heterocycles. The van der Waals surface area contributed by atoms with E-state index >= 15 is 0 Å². The SMILES string of the molecule is CCOC(=O)C1CCC(=O)C(C(OC)OC)C1. The van der Waals surface area contributed by atoms with Gasteiger partial charge < -0.3 is 14.2 Å². The zero-order chi connectivity index (χ0) is 12.8. The van der Waals surface area contributed by atoms with Gasteiger partial charge in [-0.2, -0.15) is 0 Å². The molecule has 0 aromatic carbocycles. The summed E-state index contributed by atoms with van der Waals surface area (Å²) in [5.74, 6) is -0.714. The van der Waals surface area contributed by atoms with Gasteiger partial charge in [0.2, 0.25) is 0 Å². The molecular weight excluding hydrogens is 224 g/mol. The predicted molar refractivity (Wildman–Crippen MR) is 60.3 cm³/mol. The van der Waals surface area contributed by atoms with E-state index in [4.69, 9.17) is 14.2 Å². The number of rotatable bonds is 5. The smallest absolute Gasteiger partial charge is 0.308 e. The van der Waals surface area contributed by atoms with Gasteiger partial charge in [0.05, 0.1) is 18.4 Å². The van der Waals surface area contributed by atoms with Crippen LogP contribution in [0.2, 0.25) is 0 Å². The molecule has 98 valence electrons. The van der Waals surface area contributed by atoms with E-state index in [0.717, 1.165) is 0 Å². The Balaban J connectivity index is 2.64. The monoisotopic (exact) mass is 244 g/mol. The van der Waals surface area contributed by atoms with Crippen LogP contribution in [-0.4, -0.2) is 38.9 Å². The normalized spacial score (nSPS) is 25.1. The molecule has 0 radical (unpaired) electrons. The summed E-state index contributed by atoms with van der Waals surface area (Å²) in [4.78, 5) is 23.4. The van der Waals surface area contributed by atoms with E-state index in [2.05, 4.69) is 0 Å². The Bertz CT molecular complexity index is 272. The molecule has 1 saturated carbocycles. The van der Waals surface area contributed by atoms with Crippen LogP contribution < -0.4 is 0 Å². The van der Waals surface area contributed by atoms with Crippen LogP contribution in [0.1, 0.15) is 26.2 Å². The first-order chi connectivity index (χ1) is 8.13. The van der Waals surface area contributed by atoms with Crippen LogP contribution in [0.15, 0.2) is 0 Å². The highest BCUT2D eigenvalue weighted by atomic mass is 16.7. The van der Waals surface area contributed by atoms with Crippen LogP contribution in [0, 0.1) is 11.8 Å². The summed E-state index contributed by atoms with van der Waals surface area (Å²) in [5.41, 5.74) is 0. The molecule has 2 unspecified atom stereocenters. The van der Waals surface area contributed by atoms with Crippen LogP contribution in [-0.2, 0) is 23.8 Å². The minimum atomic E-state index is -0.570. The maximum Gasteiger partial charge on any atom is 0.308 e. The van der Waals surface area contributed by atoms with Crippen LogP contribution >= 0.6 is 0 Å². The van der Waals surface area contributed by atoms with Crippen molar-refractivity contribution in [2.75, 3.05) is 20.8 Å². The van der Waals surface area contributed by atoms with Crippen molar-refractivity contribution in [3.63, 3.8) is 0 Å². The molecule has 1 aliphatic rings. The second-order valence-electron chi connectivity index (χ2n) is 4.14. The lowest BCUT2D eigenvalue weighted by atomic mass is 9.80. The molecule has 0 bridgehead atoms. The predicted octanol–water partition coefficient (Wildman–Crippen LogP) is 1.15. The van der Waals surface area contributed by atoms with Gasteiger partial charge in [0.15, 0.2) is 6.29 Å².